The zero-order valence-electron chi connectivity index (χ0n) is 26.6. The van der Waals surface area contributed by atoms with Gasteiger partial charge in [-0.25, -0.2) is 0 Å². The number of rotatable bonds is 8. The number of fused-ring (bicyclic) bond motifs is 2. The van der Waals surface area contributed by atoms with E-state index in [1.165, 1.54) is 5.69 Å². The number of piperidine rings is 2. The van der Waals surface area contributed by atoms with Crippen LogP contribution in [-0.2, 0) is 32.1 Å². The molecule has 14 heteroatoms. The van der Waals surface area contributed by atoms with Gasteiger partial charge in [-0.1, -0.05) is 6.07 Å². The summed E-state index contributed by atoms with van der Waals surface area (Å²) in [5.74, 6) is -1.41. The Morgan fingerprint density at radius 2 is 1.77 bits per heavy atom. The summed E-state index contributed by atoms with van der Waals surface area (Å²) in [5, 5.41) is 10.2. The van der Waals surface area contributed by atoms with Crippen LogP contribution in [0.2, 0.25) is 0 Å². The minimum Gasteiger partial charge on any atom is -0.384 e. The Hall–Kier alpha value is -4.59. The lowest BCUT2D eigenvalue weighted by atomic mass is 9.96. The lowest BCUT2D eigenvalue weighted by Crippen LogP contribution is -2.54. The number of aromatic nitrogens is 2. The molecule has 14 nitrogen and oxygen atoms in total. The number of carbonyl (C=O) groups excluding carboxylic acids is 6. The standard InChI is InChI=1S/C33H40N8O6/c1-20(42)39-14-10-26-22(18-39)15-35-41(26)23-8-12-38(13-9-23)29(44)19-37-16-21(17-37)7-11-34-25-4-2-3-24-30(25)33(47)40(32(24)46)27-5-6-28(43)36-31(27)45/h2-4,15,21,23,27,34H,5-14,16-19H2,1H3,(H,36,43,45). The average molecular weight is 645 g/mol. The SMILES string of the molecule is CC(=O)N1CCc2c(cnn2C2CCN(C(=O)CN3CC(CCNc4cccc5c4C(=O)N(C4CCC(=O)NC4=O)C5=O)C3)CC2)C1. The number of carbonyl (C=O) groups is 6. The van der Waals surface area contributed by atoms with Crippen LogP contribution in [0.4, 0.5) is 5.69 Å². The van der Waals surface area contributed by atoms with Crippen molar-refractivity contribution in [3.8, 4) is 0 Å². The number of nitrogens with one attached hydrogen (secondary N) is 2. The van der Waals surface area contributed by atoms with Gasteiger partial charge < -0.3 is 15.1 Å². The van der Waals surface area contributed by atoms with Crippen LogP contribution in [-0.4, -0.2) is 117 Å². The molecule has 248 valence electrons. The van der Waals surface area contributed by atoms with E-state index in [1.807, 2.05) is 16.0 Å². The average Bonchev–Trinajstić information content (AvgIpc) is 3.58. The predicted molar refractivity (Wildman–Crippen MR) is 168 cm³/mol. The van der Waals surface area contributed by atoms with E-state index >= 15 is 0 Å². The molecule has 2 N–H and O–H groups in total. The van der Waals surface area contributed by atoms with Crippen molar-refractivity contribution in [3.63, 3.8) is 0 Å². The molecule has 1 unspecified atom stereocenters. The molecule has 0 saturated carbocycles. The Labute approximate surface area is 272 Å². The highest BCUT2D eigenvalue weighted by Crippen LogP contribution is 2.33. The third-order valence-electron chi connectivity index (χ3n) is 10.3. The number of likely N-dealkylation sites (tertiary alicyclic amines) is 2. The Morgan fingerprint density at radius 3 is 2.51 bits per heavy atom. The summed E-state index contributed by atoms with van der Waals surface area (Å²) in [6.45, 7) is 7.03. The molecule has 2 aromatic rings. The Balaban J connectivity index is 0.845. The first kappa shape index (κ1) is 31.0. The number of benzene rings is 1. The van der Waals surface area contributed by atoms with Gasteiger partial charge in [0.05, 0.1) is 29.9 Å². The zero-order valence-corrected chi connectivity index (χ0v) is 26.6. The summed E-state index contributed by atoms with van der Waals surface area (Å²) in [6, 6.07) is 4.34. The minimum atomic E-state index is -0.994. The van der Waals surface area contributed by atoms with Crippen molar-refractivity contribution in [2.75, 3.05) is 51.1 Å². The topological polar surface area (TPSA) is 157 Å². The van der Waals surface area contributed by atoms with Crippen LogP contribution < -0.4 is 10.6 Å². The van der Waals surface area contributed by atoms with Crippen molar-refractivity contribution in [1.29, 1.82) is 0 Å². The normalized spacial score (nSPS) is 22.2. The number of imide groups is 2. The maximum absolute atomic E-state index is 13.3. The van der Waals surface area contributed by atoms with E-state index in [2.05, 4.69) is 25.3 Å². The monoisotopic (exact) mass is 644 g/mol. The van der Waals surface area contributed by atoms with Gasteiger partial charge in [-0.05, 0) is 43.7 Å². The van der Waals surface area contributed by atoms with Crippen molar-refractivity contribution in [2.24, 2.45) is 5.92 Å². The number of anilines is 1. The first-order valence-corrected chi connectivity index (χ1v) is 16.6. The fourth-order valence-electron chi connectivity index (χ4n) is 7.65. The van der Waals surface area contributed by atoms with Crippen molar-refractivity contribution in [1.82, 2.24) is 34.7 Å². The third kappa shape index (κ3) is 5.90. The number of nitrogens with zero attached hydrogens (tertiary/aromatic N) is 6. The summed E-state index contributed by atoms with van der Waals surface area (Å²) in [4.78, 5) is 82.1. The molecule has 1 atom stereocenters. The molecule has 1 aromatic heterocycles. The van der Waals surface area contributed by atoms with Gasteiger partial charge in [0.1, 0.15) is 6.04 Å². The van der Waals surface area contributed by atoms with E-state index in [9.17, 15) is 28.8 Å². The smallest absolute Gasteiger partial charge is 0.264 e. The molecule has 0 bridgehead atoms. The first-order valence-electron chi connectivity index (χ1n) is 16.6. The zero-order chi connectivity index (χ0) is 32.8. The van der Waals surface area contributed by atoms with E-state index in [-0.39, 0.29) is 41.8 Å². The molecule has 1 aromatic carbocycles. The molecule has 6 heterocycles. The number of amides is 6. The fourth-order valence-corrected chi connectivity index (χ4v) is 7.65. The van der Waals surface area contributed by atoms with Crippen LogP contribution in [0.3, 0.4) is 0 Å². The molecule has 5 aliphatic rings. The molecule has 6 amide bonds. The summed E-state index contributed by atoms with van der Waals surface area (Å²) < 4.78 is 2.13. The molecule has 47 heavy (non-hydrogen) atoms. The molecule has 0 radical (unpaired) electrons. The molecule has 0 spiro atoms. The first-order chi connectivity index (χ1) is 22.7. The predicted octanol–water partition coefficient (Wildman–Crippen LogP) is 0.786. The minimum absolute atomic E-state index is 0.0782. The van der Waals surface area contributed by atoms with Crippen molar-refractivity contribution in [2.45, 2.75) is 64.1 Å². The highest BCUT2D eigenvalue weighted by molar-refractivity contribution is 6.25. The largest absolute Gasteiger partial charge is 0.384 e. The van der Waals surface area contributed by atoms with E-state index < -0.39 is 29.7 Å². The molecule has 3 saturated heterocycles. The summed E-state index contributed by atoms with van der Waals surface area (Å²) >= 11 is 0. The summed E-state index contributed by atoms with van der Waals surface area (Å²) in [6.07, 6.45) is 5.48. The Kier molecular flexibility index (Phi) is 8.28. The molecule has 3 fully saturated rings. The van der Waals surface area contributed by atoms with Crippen molar-refractivity contribution in [3.05, 3.63) is 46.8 Å². The van der Waals surface area contributed by atoms with Crippen LogP contribution in [0.5, 0.6) is 0 Å². The molecule has 7 rings (SSSR count). The highest BCUT2D eigenvalue weighted by atomic mass is 16.2. The van der Waals surface area contributed by atoms with Crippen LogP contribution in [0, 0.1) is 5.92 Å². The van der Waals surface area contributed by atoms with Crippen molar-refractivity contribution >= 4 is 41.1 Å². The molecule has 5 aliphatic heterocycles. The van der Waals surface area contributed by atoms with E-state index in [1.54, 1.807) is 25.1 Å². The highest BCUT2D eigenvalue weighted by Gasteiger charge is 2.45. The second-order valence-corrected chi connectivity index (χ2v) is 13.3. The van der Waals surface area contributed by atoms with E-state index in [4.69, 9.17) is 0 Å². The van der Waals surface area contributed by atoms with Gasteiger partial charge in [0.25, 0.3) is 11.8 Å². The maximum Gasteiger partial charge on any atom is 0.264 e. The fraction of sp³-hybridized carbons (Fsp3) is 0.545. The molecule has 0 aliphatic carbocycles. The van der Waals surface area contributed by atoms with Gasteiger partial charge in [0.2, 0.25) is 23.6 Å². The second kappa shape index (κ2) is 12.5. The Morgan fingerprint density at radius 1 is 0.979 bits per heavy atom. The van der Waals surface area contributed by atoms with Gasteiger partial charge >= 0.3 is 0 Å². The van der Waals surface area contributed by atoms with Crippen LogP contribution in [0.25, 0.3) is 0 Å². The van der Waals surface area contributed by atoms with Crippen LogP contribution >= 0.6 is 0 Å². The van der Waals surface area contributed by atoms with Crippen LogP contribution in [0.15, 0.2) is 24.4 Å². The lowest BCUT2D eigenvalue weighted by Gasteiger charge is -2.41. The summed E-state index contributed by atoms with van der Waals surface area (Å²) in [5.41, 5.74) is 3.42. The quantitative estimate of drug-likeness (QED) is 0.397. The van der Waals surface area contributed by atoms with Gasteiger partial charge in [0.15, 0.2) is 0 Å². The Bertz CT molecular complexity index is 1640. The summed E-state index contributed by atoms with van der Waals surface area (Å²) in [7, 11) is 0. The van der Waals surface area contributed by atoms with Gasteiger partial charge in [0, 0.05) is 82.5 Å². The molecular weight excluding hydrogens is 604 g/mol. The number of hydrogen-bond donors (Lipinski definition) is 2. The van der Waals surface area contributed by atoms with Gasteiger partial charge in [-0.2, -0.15) is 5.10 Å². The third-order valence-corrected chi connectivity index (χ3v) is 10.3. The van der Waals surface area contributed by atoms with Gasteiger partial charge in [-0.3, -0.25) is 48.6 Å². The van der Waals surface area contributed by atoms with E-state index in [0.29, 0.717) is 44.3 Å². The lowest BCUT2D eigenvalue weighted by molar-refractivity contribution is -0.137. The van der Waals surface area contributed by atoms with Crippen LogP contribution in [0.1, 0.15) is 77.0 Å². The van der Waals surface area contributed by atoms with Crippen molar-refractivity contribution < 1.29 is 28.8 Å². The molecular formula is C33H40N8O6. The van der Waals surface area contributed by atoms with E-state index in [0.717, 1.165) is 55.8 Å². The van der Waals surface area contributed by atoms with Gasteiger partial charge in [-0.15, -0.1) is 0 Å². The second-order valence-electron chi connectivity index (χ2n) is 13.3. The maximum atomic E-state index is 13.3. The number of hydrogen-bond acceptors (Lipinski definition) is 9.